The summed E-state index contributed by atoms with van der Waals surface area (Å²) in [4.78, 5) is 3.92. The molecule has 1 aliphatic heterocycles. The average Bonchev–Trinajstić information content (AvgIpc) is 2.54. The van der Waals surface area contributed by atoms with Crippen molar-refractivity contribution in [1.82, 2.24) is 9.29 Å². The fraction of sp³-hybridized carbons (Fsp3) is 0.571. The molecule has 1 aliphatic rings. The van der Waals surface area contributed by atoms with Crippen LogP contribution < -0.4 is 0 Å². The number of sulfonamides is 1. The van der Waals surface area contributed by atoms with Gasteiger partial charge in [0.05, 0.1) is 11.8 Å². The highest BCUT2D eigenvalue weighted by Crippen LogP contribution is 2.34. The molecule has 2 heterocycles. The van der Waals surface area contributed by atoms with Gasteiger partial charge in [-0.1, -0.05) is 0 Å². The largest absolute Gasteiger partial charge is 0.265 e. The average molecular weight is 325 g/mol. The lowest BCUT2D eigenvalue weighted by Gasteiger charge is -2.35. The fourth-order valence-electron chi connectivity index (χ4n) is 2.41. The summed E-state index contributed by atoms with van der Waals surface area (Å²) < 4.78 is 25.8. The van der Waals surface area contributed by atoms with Crippen molar-refractivity contribution in [2.75, 3.05) is 25.1 Å². The summed E-state index contributed by atoms with van der Waals surface area (Å²) in [6.45, 7) is 0.875. The minimum Gasteiger partial charge on any atom is -0.265 e. The van der Waals surface area contributed by atoms with Crippen molar-refractivity contribution in [1.29, 1.82) is 5.26 Å². The molecule has 5 nitrogen and oxygen atoms in total. The number of aromatic nitrogens is 1. The molecule has 0 N–H and O–H groups in total. The fourth-order valence-corrected chi connectivity index (χ4v) is 4.59. The summed E-state index contributed by atoms with van der Waals surface area (Å²) in [5, 5.41) is 9.24. The number of piperidine rings is 1. The highest BCUT2D eigenvalue weighted by molar-refractivity contribution is 8.00. The summed E-state index contributed by atoms with van der Waals surface area (Å²) in [5.74, 6) is 0.107. The van der Waals surface area contributed by atoms with Crippen LogP contribution in [0.15, 0.2) is 24.5 Å². The maximum absolute atomic E-state index is 12.4. The van der Waals surface area contributed by atoms with Crippen LogP contribution in [-0.2, 0) is 16.4 Å². The maximum Gasteiger partial charge on any atom is 0.214 e. The van der Waals surface area contributed by atoms with Gasteiger partial charge in [0, 0.05) is 25.5 Å². The zero-order chi connectivity index (χ0) is 15.3. The van der Waals surface area contributed by atoms with E-state index in [0.29, 0.717) is 32.4 Å². The molecule has 0 aromatic carbocycles. The first kappa shape index (κ1) is 16.3. The van der Waals surface area contributed by atoms with Gasteiger partial charge in [-0.05, 0) is 43.2 Å². The minimum atomic E-state index is -3.25. The first-order valence-electron chi connectivity index (χ1n) is 6.84. The van der Waals surface area contributed by atoms with Gasteiger partial charge in [0.25, 0.3) is 0 Å². The lowest BCUT2D eigenvalue weighted by Crippen LogP contribution is -2.45. The zero-order valence-corrected chi connectivity index (χ0v) is 13.7. The standard InChI is InChI=1S/C14H19N3O2S2/c1-20-14(12-15)5-9-17(10-6-14)21(18,19)11-4-13-2-7-16-8-3-13/h2-3,7-8H,4-6,9-11H2,1H3. The van der Waals surface area contributed by atoms with Crippen molar-refractivity contribution >= 4 is 21.8 Å². The van der Waals surface area contributed by atoms with Gasteiger partial charge in [0.15, 0.2) is 0 Å². The molecule has 1 aromatic rings. The van der Waals surface area contributed by atoms with E-state index in [1.807, 2.05) is 18.4 Å². The van der Waals surface area contributed by atoms with Gasteiger partial charge in [-0.25, -0.2) is 12.7 Å². The third-order valence-corrected chi connectivity index (χ3v) is 7.07. The molecular formula is C14H19N3O2S2. The monoisotopic (exact) mass is 325 g/mol. The van der Waals surface area contributed by atoms with Crippen LogP contribution in [0.2, 0.25) is 0 Å². The Morgan fingerprint density at radius 1 is 1.38 bits per heavy atom. The molecule has 0 amide bonds. The molecule has 7 heteroatoms. The Morgan fingerprint density at radius 2 is 2.00 bits per heavy atom. The number of rotatable bonds is 5. The Hall–Kier alpha value is -1.10. The highest BCUT2D eigenvalue weighted by atomic mass is 32.2. The number of hydrogen-bond donors (Lipinski definition) is 0. The zero-order valence-electron chi connectivity index (χ0n) is 12.0. The van der Waals surface area contributed by atoms with E-state index in [9.17, 15) is 13.7 Å². The van der Waals surface area contributed by atoms with Crippen LogP contribution in [-0.4, -0.2) is 47.6 Å². The van der Waals surface area contributed by atoms with Crippen molar-refractivity contribution in [3.63, 3.8) is 0 Å². The molecule has 1 fully saturated rings. The number of hydrogen-bond acceptors (Lipinski definition) is 5. The highest BCUT2D eigenvalue weighted by Gasteiger charge is 2.37. The number of pyridine rings is 1. The van der Waals surface area contributed by atoms with E-state index in [2.05, 4.69) is 11.1 Å². The molecule has 1 aromatic heterocycles. The van der Waals surface area contributed by atoms with E-state index >= 15 is 0 Å². The second kappa shape index (κ2) is 6.77. The molecule has 0 unspecified atom stereocenters. The van der Waals surface area contributed by atoms with E-state index in [0.717, 1.165) is 5.56 Å². The minimum absolute atomic E-state index is 0.107. The van der Waals surface area contributed by atoms with Crippen LogP contribution >= 0.6 is 11.8 Å². The van der Waals surface area contributed by atoms with E-state index in [1.54, 1.807) is 12.4 Å². The smallest absolute Gasteiger partial charge is 0.214 e. The predicted octanol–water partition coefficient (Wildman–Crippen LogP) is 1.68. The molecule has 0 bridgehead atoms. The third kappa shape index (κ3) is 3.96. The molecule has 0 saturated carbocycles. The van der Waals surface area contributed by atoms with Gasteiger partial charge in [-0.3, -0.25) is 4.98 Å². The summed E-state index contributed by atoms with van der Waals surface area (Å²) in [6, 6.07) is 6.00. The molecule has 2 rings (SSSR count). The first-order chi connectivity index (χ1) is 10.0. The van der Waals surface area contributed by atoms with Crippen molar-refractivity contribution < 1.29 is 8.42 Å². The van der Waals surface area contributed by atoms with E-state index in [4.69, 9.17) is 0 Å². The maximum atomic E-state index is 12.4. The van der Waals surface area contributed by atoms with Gasteiger partial charge < -0.3 is 0 Å². The summed E-state index contributed by atoms with van der Waals surface area (Å²) >= 11 is 1.53. The van der Waals surface area contributed by atoms with Gasteiger partial charge in [-0.2, -0.15) is 5.26 Å². The molecule has 0 radical (unpaired) electrons. The van der Waals surface area contributed by atoms with E-state index < -0.39 is 14.8 Å². The molecule has 1 saturated heterocycles. The Labute approximate surface area is 130 Å². The number of aryl methyl sites for hydroxylation is 1. The first-order valence-corrected chi connectivity index (χ1v) is 9.68. The van der Waals surface area contributed by atoms with Crippen LogP contribution in [0.5, 0.6) is 0 Å². The van der Waals surface area contributed by atoms with Crippen molar-refractivity contribution in [3.8, 4) is 6.07 Å². The Kier molecular flexibility index (Phi) is 5.25. The van der Waals surface area contributed by atoms with E-state index in [-0.39, 0.29) is 5.75 Å². The normalized spacial score (nSPS) is 19.0. The molecule has 21 heavy (non-hydrogen) atoms. The van der Waals surface area contributed by atoms with Gasteiger partial charge in [0.2, 0.25) is 10.0 Å². The summed E-state index contributed by atoms with van der Waals surface area (Å²) in [5.41, 5.74) is 0.973. The van der Waals surface area contributed by atoms with Crippen LogP contribution in [0, 0.1) is 11.3 Å². The van der Waals surface area contributed by atoms with Crippen molar-refractivity contribution in [3.05, 3.63) is 30.1 Å². The van der Waals surface area contributed by atoms with Crippen LogP contribution in [0.3, 0.4) is 0 Å². The Balaban J connectivity index is 1.94. The molecular weight excluding hydrogens is 306 g/mol. The predicted molar refractivity (Wildman–Crippen MR) is 84.4 cm³/mol. The van der Waals surface area contributed by atoms with Crippen molar-refractivity contribution in [2.45, 2.75) is 24.0 Å². The van der Waals surface area contributed by atoms with Gasteiger partial charge in [-0.15, -0.1) is 11.8 Å². The quantitative estimate of drug-likeness (QED) is 0.823. The number of thioether (sulfide) groups is 1. The summed E-state index contributed by atoms with van der Waals surface area (Å²) in [7, 11) is -3.25. The SMILES string of the molecule is CSC1(C#N)CCN(S(=O)(=O)CCc2ccncc2)CC1. The Bertz CT molecular complexity index is 603. The third-order valence-electron chi connectivity index (χ3n) is 3.92. The number of nitrogens with zero attached hydrogens (tertiary/aromatic N) is 3. The molecule has 0 aliphatic carbocycles. The number of nitriles is 1. The van der Waals surface area contributed by atoms with Crippen LogP contribution in [0.25, 0.3) is 0 Å². The van der Waals surface area contributed by atoms with Crippen LogP contribution in [0.4, 0.5) is 0 Å². The van der Waals surface area contributed by atoms with E-state index in [1.165, 1.54) is 16.1 Å². The van der Waals surface area contributed by atoms with Crippen LogP contribution in [0.1, 0.15) is 18.4 Å². The topological polar surface area (TPSA) is 74.1 Å². The lowest BCUT2D eigenvalue weighted by molar-refractivity contribution is 0.327. The summed E-state index contributed by atoms with van der Waals surface area (Å²) in [6.07, 6.45) is 6.94. The second-order valence-corrected chi connectivity index (χ2v) is 8.41. The van der Waals surface area contributed by atoms with Crippen molar-refractivity contribution in [2.24, 2.45) is 0 Å². The van der Waals surface area contributed by atoms with Gasteiger partial charge in [0.1, 0.15) is 4.75 Å². The molecule has 0 spiro atoms. The van der Waals surface area contributed by atoms with Gasteiger partial charge >= 0.3 is 0 Å². The second-order valence-electron chi connectivity index (χ2n) is 5.13. The molecule has 114 valence electrons. The molecule has 0 atom stereocenters. The lowest BCUT2D eigenvalue weighted by atomic mass is 9.99. The Morgan fingerprint density at radius 3 is 2.52 bits per heavy atom.